The Kier molecular flexibility index (Phi) is 4.91. The number of pyridine rings is 1. The van der Waals surface area contributed by atoms with Crippen LogP contribution in [0.4, 0.5) is 5.82 Å². The van der Waals surface area contributed by atoms with Crippen molar-refractivity contribution in [3.05, 3.63) is 84.7 Å². The highest BCUT2D eigenvalue weighted by molar-refractivity contribution is 6.06. The second-order valence-electron chi connectivity index (χ2n) is 6.25. The molecule has 0 radical (unpaired) electrons. The molecule has 0 aliphatic carbocycles. The Hall–Kier alpha value is -3.44. The Balaban J connectivity index is 0.00000192. The highest BCUT2D eigenvalue weighted by Crippen LogP contribution is 2.33. The number of nitrogens with one attached hydrogen (secondary N) is 1. The lowest BCUT2D eigenvalue weighted by molar-refractivity contribution is -0.00000587. The summed E-state index contributed by atoms with van der Waals surface area (Å²) in [6.07, 6.45) is 3.60. The first-order valence-corrected chi connectivity index (χ1v) is 8.76. The largest absolute Gasteiger partial charge is 1.00 e. The number of aromatic nitrogens is 3. The second-order valence-corrected chi connectivity index (χ2v) is 6.25. The lowest BCUT2D eigenvalue weighted by atomic mass is 10.2. The molecule has 138 valence electrons. The van der Waals surface area contributed by atoms with E-state index in [9.17, 15) is 0 Å². The molecule has 2 aromatic carbocycles. The van der Waals surface area contributed by atoms with E-state index in [1.165, 1.54) is 0 Å². The fourth-order valence-electron chi connectivity index (χ4n) is 3.12. The van der Waals surface area contributed by atoms with Gasteiger partial charge in [-0.2, -0.15) is 0 Å². The summed E-state index contributed by atoms with van der Waals surface area (Å²) in [5.41, 5.74) is 4.32. The van der Waals surface area contributed by atoms with Crippen molar-refractivity contribution in [2.45, 2.75) is 6.54 Å². The third-order valence-electron chi connectivity index (χ3n) is 4.43. The van der Waals surface area contributed by atoms with Gasteiger partial charge in [-0.05, 0) is 23.8 Å². The Labute approximate surface area is 167 Å². The van der Waals surface area contributed by atoms with E-state index < -0.39 is 0 Å². The van der Waals surface area contributed by atoms with Gasteiger partial charge in [-0.1, -0.05) is 48.5 Å². The Bertz CT molecular complexity index is 1220. The van der Waals surface area contributed by atoms with Crippen LogP contribution < -0.4 is 17.7 Å². The maximum atomic E-state index is 6.06. The fraction of sp³-hybridized carbons (Fsp3) is 0.0455. The third kappa shape index (κ3) is 3.28. The first-order chi connectivity index (χ1) is 13.4. The summed E-state index contributed by atoms with van der Waals surface area (Å²) in [5, 5.41) is 4.37. The van der Waals surface area contributed by atoms with E-state index >= 15 is 0 Å². The molecule has 3 aromatic heterocycles. The van der Waals surface area contributed by atoms with E-state index in [1.54, 1.807) is 6.20 Å². The van der Waals surface area contributed by atoms with Gasteiger partial charge in [0.05, 0.1) is 0 Å². The van der Waals surface area contributed by atoms with E-state index in [-0.39, 0.29) is 12.4 Å². The Morgan fingerprint density at radius 3 is 2.50 bits per heavy atom. The van der Waals surface area contributed by atoms with Crippen LogP contribution in [-0.2, 0) is 6.54 Å². The molecular formula is C22H16ClN4O-. The molecule has 0 fully saturated rings. The van der Waals surface area contributed by atoms with Crippen LogP contribution in [0.3, 0.4) is 0 Å². The van der Waals surface area contributed by atoms with Crippen LogP contribution in [0, 0.1) is 0 Å². The summed E-state index contributed by atoms with van der Waals surface area (Å²) in [7, 11) is 0. The zero-order chi connectivity index (χ0) is 18.1. The van der Waals surface area contributed by atoms with Gasteiger partial charge in [0, 0.05) is 29.9 Å². The molecule has 0 saturated heterocycles. The molecule has 28 heavy (non-hydrogen) atoms. The molecule has 6 heteroatoms. The topological polar surface area (TPSA) is 63.8 Å². The van der Waals surface area contributed by atoms with E-state index in [4.69, 9.17) is 14.4 Å². The molecule has 5 nitrogen and oxygen atoms in total. The number of nitrogens with zero attached hydrogens (tertiary/aromatic N) is 3. The van der Waals surface area contributed by atoms with E-state index in [1.807, 2.05) is 72.9 Å². The van der Waals surface area contributed by atoms with Crippen molar-refractivity contribution < 1.29 is 16.8 Å². The lowest BCUT2D eigenvalue weighted by Crippen LogP contribution is -3.00. The van der Waals surface area contributed by atoms with Gasteiger partial charge in [-0.25, -0.2) is 9.97 Å². The third-order valence-corrected chi connectivity index (χ3v) is 4.43. The summed E-state index contributed by atoms with van der Waals surface area (Å²) < 4.78 is 6.06. The number of halogens is 1. The van der Waals surface area contributed by atoms with Crippen LogP contribution in [0.25, 0.3) is 33.5 Å². The number of benzene rings is 2. The molecule has 0 atom stereocenters. The number of para-hydroxylation sites is 1. The van der Waals surface area contributed by atoms with Crippen molar-refractivity contribution in [2.24, 2.45) is 0 Å². The van der Waals surface area contributed by atoms with Crippen molar-refractivity contribution >= 4 is 27.9 Å². The van der Waals surface area contributed by atoms with Gasteiger partial charge in [0.25, 0.3) is 0 Å². The van der Waals surface area contributed by atoms with Gasteiger partial charge in [-0.3, -0.25) is 4.98 Å². The number of fused-ring (bicyclic) bond motifs is 3. The summed E-state index contributed by atoms with van der Waals surface area (Å²) >= 11 is 0. The molecule has 0 saturated carbocycles. The summed E-state index contributed by atoms with van der Waals surface area (Å²) in [4.78, 5) is 13.7. The number of hydrogen-bond donors (Lipinski definition) is 1. The molecule has 1 N–H and O–H groups in total. The number of furan rings is 1. The SMILES string of the molecule is [Cl-].c1ccc(-c2nc(NCc3cccnc3)c3oc4ccccc4c3n2)cc1. The molecule has 0 aliphatic heterocycles. The normalized spacial score (nSPS) is 10.7. The summed E-state index contributed by atoms with van der Waals surface area (Å²) in [6, 6.07) is 21.8. The maximum Gasteiger partial charge on any atom is 0.196 e. The van der Waals surface area contributed by atoms with Crippen LogP contribution >= 0.6 is 0 Å². The van der Waals surface area contributed by atoms with Gasteiger partial charge in [0.1, 0.15) is 11.1 Å². The van der Waals surface area contributed by atoms with Gasteiger partial charge in [-0.15, -0.1) is 0 Å². The minimum Gasteiger partial charge on any atom is -1.00 e. The van der Waals surface area contributed by atoms with Crippen LogP contribution in [0.1, 0.15) is 5.56 Å². The molecule has 0 amide bonds. The average Bonchev–Trinajstić information content (AvgIpc) is 3.12. The molecular weight excluding hydrogens is 372 g/mol. The van der Waals surface area contributed by atoms with Crippen molar-refractivity contribution in [2.75, 3.05) is 5.32 Å². The summed E-state index contributed by atoms with van der Waals surface area (Å²) in [6.45, 7) is 0.602. The van der Waals surface area contributed by atoms with Crippen molar-refractivity contribution in [3.63, 3.8) is 0 Å². The number of rotatable bonds is 4. The van der Waals surface area contributed by atoms with Crippen molar-refractivity contribution in [1.29, 1.82) is 0 Å². The van der Waals surface area contributed by atoms with E-state index in [0.29, 0.717) is 23.8 Å². The standard InChI is InChI=1S/C22H16N4O.ClH/c1-2-8-16(9-3-1)21-25-19-17-10-4-5-11-18(17)27-20(19)22(26-21)24-14-15-7-6-12-23-13-15;/h1-13H,14H2,(H,24,25,26);1H/p-1. The maximum absolute atomic E-state index is 6.06. The minimum atomic E-state index is 0. The lowest BCUT2D eigenvalue weighted by Gasteiger charge is -2.08. The van der Waals surface area contributed by atoms with Crippen molar-refractivity contribution in [3.8, 4) is 11.4 Å². The van der Waals surface area contributed by atoms with E-state index in [2.05, 4.69) is 10.3 Å². The molecule has 5 aromatic rings. The zero-order valence-corrected chi connectivity index (χ0v) is 15.6. The quantitative estimate of drug-likeness (QED) is 0.511. The predicted molar refractivity (Wildman–Crippen MR) is 106 cm³/mol. The number of anilines is 1. The highest BCUT2D eigenvalue weighted by atomic mass is 35.5. The fourth-order valence-corrected chi connectivity index (χ4v) is 3.12. The predicted octanol–water partition coefficient (Wildman–Crippen LogP) is 2.05. The Morgan fingerprint density at radius 2 is 1.68 bits per heavy atom. The van der Waals surface area contributed by atoms with Gasteiger partial charge < -0.3 is 22.1 Å². The van der Waals surface area contributed by atoms with Crippen LogP contribution in [0.15, 0.2) is 83.5 Å². The van der Waals surface area contributed by atoms with Crippen LogP contribution in [-0.4, -0.2) is 15.0 Å². The molecule has 0 aliphatic rings. The van der Waals surface area contributed by atoms with Crippen molar-refractivity contribution in [1.82, 2.24) is 15.0 Å². The minimum absolute atomic E-state index is 0. The smallest absolute Gasteiger partial charge is 0.196 e. The first-order valence-electron chi connectivity index (χ1n) is 8.76. The van der Waals surface area contributed by atoms with Gasteiger partial charge in [0.15, 0.2) is 17.2 Å². The Morgan fingerprint density at radius 1 is 0.857 bits per heavy atom. The highest BCUT2D eigenvalue weighted by Gasteiger charge is 2.16. The monoisotopic (exact) mass is 387 g/mol. The number of hydrogen-bond acceptors (Lipinski definition) is 5. The zero-order valence-electron chi connectivity index (χ0n) is 14.8. The van der Waals surface area contributed by atoms with E-state index in [0.717, 1.165) is 27.6 Å². The van der Waals surface area contributed by atoms with Crippen LogP contribution in [0.5, 0.6) is 0 Å². The molecule has 0 spiro atoms. The second kappa shape index (κ2) is 7.66. The first kappa shape index (κ1) is 17.9. The van der Waals surface area contributed by atoms with Crippen LogP contribution in [0.2, 0.25) is 0 Å². The molecule has 3 heterocycles. The molecule has 0 unspecified atom stereocenters. The molecule has 0 bridgehead atoms. The van der Waals surface area contributed by atoms with Gasteiger partial charge in [0.2, 0.25) is 0 Å². The average molecular weight is 388 g/mol. The summed E-state index contributed by atoms with van der Waals surface area (Å²) in [5.74, 6) is 1.35. The molecule has 5 rings (SSSR count). The van der Waals surface area contributed by atoms with Gasteiger partial charge >= 0.3 is 0 Å².